The zero-order chi connectivity index (χ0) is 19.0. The van der Waals surface area contributed by atoms with Crippen molar-refractivity contribution in [2.75, 3.05) is 18.9 Å². The molecule has 1 aromatic heterocycles. The van der Waals surface area contributed by atoms with Crippen LogP contribution in [0.5, 0.6) is 5.75 Å². The van der Waals surface area contributed by atoms with Crippen molar-refractivity contribution in [1.29, 1.82) is 0 Å². The Labute approximate surface area is 147 Å². The van der Waals surface area contributed by atoms with Crippen LogP contribution in [0, 0.1) is 0 Å². The van der Waals surface area contributed by atoms with Gasteiger partial charge in [-0.15, -0.1) is 0 Å². The first-order valence-corrected chi connectivity index (χ1v) is 7.82. The molecule has 0 saturated carbocycles. The normalized spacial score (nSPS) is 12.4. The summed E-state index contributed by atoms with van der Waals surface area (Å²) in [5.74, 6) is -1.03. The molecule has 1 aromatic carbocycles. The smallest absolute Gasteiger partial charge is 0.338 e. The zero-order valence-electron chi connectivity index (χ0n) is 14.3. The molecule has 0 spiro atoms. The number of benzene rings is 1. The summed E-state index contributed by atoms with van der Waals surface area (Å²) in [6.07, 6.45) is 0.694. The number of rotatable bonds is 4. The lowest BCUT2D eigenvalue weighted by Gasteiger charge is -2.11. The second-order valence-electron chi connectivity index (χ2n) is 5.89. The highest BCUT2D eigenvalue weighted by Gasteiger charge is 2.22. The number of hydrogen-bond donors (Lipinski definition) is 1. The average molecular weight is 359 g/mol. The lowest BCUT2D eigenvalue weighted by atomic mass is 10.1. The van der Waals surface area contributed by atoms with Crippen molar-refractivity contribution in [2.24, 2.45) is 14.1 Å². The highest BCUT2D eigenvalue weighted by Crippen LogP contribution is 2.26. The number of Topliss-reactive ketones (excluding diaryl/α,β-unsaturated/α-hetero) is 1. The van der Waals surface area contributed by atoms with Gasteiger partial charge < -0.3 is 15.2 Å². The van der Waals surface area contributed by atoms with Crippen LogP contribution in [-0.2, 0) is 25.3 Å². The molecule has 26 heavy (non-hydrogen) atoms. The van der Waals surface area contributed by atoms with E-state index in [1.165, 1.54) is 20.2 Å². The SMILES string of the molecule is Cn1c(N)c(C(=O)COC(=O)c2ccc3c(c2)CCO3)c(=O)n(C)c1=O. The maximum atomic E-state index is 12.3. The number of aromatic nitrogens is 2. The van der Waals surface area contributed by atoms with E-state index in [9.17, 15) is 19.2 Å². The number of ether oxygens (including phenoxy) is 2. The van der Waals surface area contributed by atoms with Crippen LogP contribution in [0.15, 0.2) is 27.8 Å². The van der Waals surface area contributed by atoms with Gasteiger partial charge in [-0.3, -0.25) is 18.7 Å². The molecule has 0 amide bonds. The minimum Gasteiger partial charge on any atom is -0.493 e. The minimum atomic E-state index is -0.832. The van der Waals surface area contributed by atoms with E-state index in [1.54, 1.807) is 12.1 Å². The fourth-order valence-corrected chi connectivity index (χ4v) is 2.72. The molecule has 0 unspecified atom stereocenters. The van der Waals surface area contributed by atoms with Crippen LogP contribution < -0.4 is 21.7 Å². The van der Waals surface area contributed by atoms with E-state index < -0.39 is 29.6 Å². The van der Waals surface area contributed by atoms with Crippen LogP contribution in [0.4, 0.5) is 5.82 Å². The summed E-state index contributed by atoms with van der Waals surface area (Å²) in [7, 11) is 2.58. The lowest BCUT2D eigenvalue weighted by molar-refractivity contribution is 0.0474. The summed E-state index contributed by atoms with van der Waals surface area (Å²) in [5, 5.41) is 0. The number of anilines is 1. The number of esters is 1. The van der Waals surface area contributed by atoms with Crippen LogP contribution in [0.3, 0.4) is 0 Å². The van der Waals surface area contributed by atoms with Crippen molar-refractivity contribution in [3.63, 3.8) is 0 Å². The third kappa shape index (κ3) is 2.87. The summed E-state index contributed by atoms with van der Waals surface area (Å²) in [6.45, 7) is -0.105. The molecule has 0 atom stereocenters. The van der Waals surface area contributed by atoms with Gasteiger partial charge in [0.1, 0.15) is 17.1 Å². The average Bonchev–Trinajstić information content (AvgIpc) is 3.10. The van der Waals surface area contributed by atoms with Crippen LogP contribution in [-0.4, -0.2) is 34.1 Å². The van der Waals surface area contributed by atoms with Gasteiger partial charge in [0.2, 0.25) is 5.78 Å². The first kappa shape index (κ1) is 17.5. The Kier molecular flexibility index (Phi) is 4.37. The third-order valence-corrected chi connectivity index (χ3v) is 4.25. The fourth-order valence-electron chi connectivity index (χ4n) is 2.72. The molecule has 136 valence electrons. The van der Waals surface area contributed by atoms with Crippen molar-refractivity contribution in [2.45, 2.75) is 6.42 Å². The number of ketones is 1. The summed E-state index contributed by atoms with van der Waals surface area (Å²) in [6, 6.07) is 4.85. The van der Waals surface area contributed by atoms with Crippen LogP contribution in [0.25, 0.3) is 0 Å². The summed E-state index contributed by atoms with van der Waals surface area (Å²) < 4.78 is 12.1. The van der Waals surface area contributed by atoms with Crippen LogP contribution >= 0.6 is 0 Å². The number of hydrogen-bond acceptors (Lipinski definition) is 7. The maximum Gasteiger partial charge on any atom is 0.338 e. The fraction of sp³-hybridized carbons (Fsp3) is 0.294. The standard InChI is InChI=1S/C17H17N3O6/c1-19-14(18)13(15(22)20(2)17(19)24)11(21)8-26-16(23)10-3-4-12-9(7-10)5-6-25-12/h3-4,7H,5-6,8,18H2,1-2H3. The highest BCUT2D eigenvalue weighted by atomic mass is 16.5. The van der Waals surface area contributed by atoms with E-state index in [1.807, 2.05) is 0 Å². The van der Waals surface area contributed by atoms with E-state index in [4.69, 9.17) is 15.2 Å². The van der Waals surface area contributed by atoms with Gasteiger partial charge in [-0.05, 0) is 23.8 Å². The molecule has 9 heteroatoms. The maximum absolute atomic E-state index is 12.3. The number of nitrogens with zero attached hydrogens (tertiary/aromatic N) is 2. The number of nitrogens with two attached hydrogens (primary N) is 1. The quantitative estimate of drug-likeness (QED) is 0.584. The Morgan fingerprint density at radius 3 is 2.69 bits per heavy atom. The number of carbonyl (C=O) groups excluding carboxylic acids is 2. The molecular formula is C17H17N3O6. The topological polar surface area (TPSA) is 123 Å². The molecule has 2 aromatic rings. The Bertz CT molecular complexity index is 1030. The van der Waals surface area contributed by atoms with Crippen LogP contribution in [0.2, 0.25) is 0 Å². The minimum absolute atomic E-state index is 0.270. The third-order valence-electron chi connectivity index (χ3n) is 4.25. The van der Waals surface area contributed by atoms with Gasteiger partial charge >= 0.3 is 11.7 Å². The van der Waals surface area contributed by atoms with Gasteiger partial charge in [0.25, 0.3) is 5.56 Å². The van der Waals surface area contributed by atoms with E-state index >= 15 is 0 Å². The summed E-state index contributed by atoms with van der Waals surface area (Å²) in [5.41, 5.74) is 5.01. The molecule has 0 bridgehead atoms. The van der Waals surface area contributed by atoms with E-state index in [2.05, 4.69) is 0 Å². The van der Waals surface area contributed by atoms with Crippen LogP contribution in [0.1, 0.15) is 26.3 Å². The van der Waals surface area contributed by atoms with Gasteiger partial charge in [0, 0.05) is 20.5 Å². The Morgan fingerprint density at radius 1 is 1.23 bits per heavy atom. The zero-order valence-corrected chi connectivity index (χ0v) is 14.3. The highest BCUT2D eigenvalue weighted by molar-refractivity contribution is 6.02. The first-order chi connectivity index (χ1) is 12.3. The molecule has 3 rings (SSSR count). The molecular weight excluding hydrogens is 342 g/mol. The molecule has 2 N–H and O–H groups in total. The van der Waals surface area contributed by atoms with Crippen molar-refractivity contribution in [1.82, 2.24) is 9.13 Å². The van der Waals surface area contributed by atoms with E-state index in [0.717, 1.165) is 20.4 Å². The molecule has 0 aliphatic carbocycles. The van der Waals surface area contributed by atoms with Gasteiger partial charge in [-0.25, -0.2) is 9.59 Å². The predicted molar refractivity (Wildman–Crippen MR) is 91.6 cm³/mol. The largest absolute Gasteiger partial charge is 0.493 e. The van der Waals surface area contributed by atoms with Crippen molar-refractivity contribution in [3.05, 3.63) is 55.7 Å². The van der Waals surface area contributed by atoms with Crippen molar-refractivity contribution < 1.29 is 19.1 Å². The first-order valence-electron chi connectivity index (χ1n) is 7.82. The van der Waals surface area contributed by atoms with Gasteiger partial charge in [0.15, 0.2) is 6.61 Å². The summed E-state index contributed by atoms with van der Waals surface area (Å²) >= 11 is 0. The number of carbonyl (C=O) groups is 2. The molecule has 2 heterocycles. The number of nitrogen functional groups attached to an aromatic ring is 1. The lowest BCUT2D eigenvalue weighted by Crippen LogP contribution is -2.42. The Hall–Kier alpha value is -3.36. The van der Waals surface area contributed by atoms with Gasteiger partial charge in [-0.1, -0.05) is 0 Å². The Balaban J connectivity index is 1.78. The molecule has 1 aliphatic heterocycles. The number of fused-ring (bicyclic) bond motifs is 1. The van der Waals surface area contributed by atoms with E-state index in [-0.39, 0.29) is 16.9 Å². The van der Waals surface area contributed by atoms with Crippen molar-refractivity contribution >= 4 is 17.6 Å². The second-order valence-corrected chi connectivity index (χ2v) is 5.89. The van der Waals surface area contributed by atoms with Gasteiger partial charge in [0.05, 0.1) is 12.2 Å². The van der Waals surface area contributed by atoms with Crippen molar-refractivity contribution in [3.8, 4) is 5.75 Å². The Morgan fingerprint density at radius 2 is 1.96 bits per heavy atom. The molecule has 0 fully saturated rings. The van der Waals surface area contributed by atoms with E-state index in [0.29, 0.717) is 13.0 Å². The molecule has 0 saturated heterocycles. The monoisotopic (exact) mass is 359 g/mol. The molecule has 0 radical (unpaired) electrons. The molecule has 9 nitrogen and oxygen atoms in total. The second kappa shape index (κ2) is 6.51. The summed E-state index contributed by atoms with van der Waals surface area (Å²) in [4.78, 5) is 48.4. The predicted octanol–water partition coefficient (Wildman–Crippen LogP) is -0.359. The molecule has 1 aliphatic rings. The van der Waals surface area contributed by atoms with Gasteiger partial charge in [-0.2, -0.15) is 0 Å².